The third kappa shape index (κ3) is 1.94. The van der Waals surface area contributed by atoms with E-state index in [-0.39, 0.29) is 22.4 Å². The topological polar surface area (TPSA) is 61.1 Å². The van der Waals surface area contributed by atoms with Gasteiger partial charge in [0.25, 0.3) is 0 Å². The maximum atomic E-state index is 11.4. The molecule has 0 fully saturated rings. The number of carbonyl (C=O) groups excluding carboxylic acids is 1. The Morgan fingerprint density at radius 3 is 2.79 bits per heavy atom. The summed E-state index contributed by atoms with van der Waals surface area (Å²) < 4.78 is 0. The van der Waals surface area contributed by atoms with Crippen molar-refractivity contribution in [3.8, 4) is 11.8 Å². The van der Waals surface area contributed by atoms with Gasteiger partial charge in [-0.2, -0.15) is 5.26 Å². The molecule has 1 N–H and O–H groups in total. The highest BCUT2D eigenvalue weighted by atomic mass is 79.9. The van der Waals surface area contributed by atoms with Gasteiger partial charge in [-0.05, 0) is 24.6 Å². The molecular formula is C10H8BrNO2. The van der Waals surface area contributed by atoms with Gasteiger partial charge in [-0.25, -0.2) is 0 Å². The molecule has 0 heterocycles. The Hall–Kier alpha value is -1.34. The molecule has 0 aromatic heterocycles. The second-order valence-corrected chi connectivity index (χ2v) is 3.41. The Kier molecular flexibility index (Phi) is 3.26. The molecule has 0 saturated carbocycles. The molecule has 72 valence electrons. The zero-order chi connectivity index (χ0) is 10.7. The molecule has 0 saturated heterocycles. The van der Waals surface area contributed by atoms with Crippen LogP contribution in [0.1, 0.15) is 21.5 Å². The third-order valence-corrected chi connectivity index (χ3v) is 2.39. The number of nitrogens with zero attached hydrogens (tertiary/aromatic N) is 1. The van der Waals surface area contributed by atoms with Gasteiger partial charge in [0.1, 0.15) is 11.8 Å². The van der Waals surface area contributed by atoms with Crippen molar-refractivity contribution in [1.29, 1.82) is 5.26 Å². The van der Waals surface area contributed by atoms with E-state index in [0.717, 1.165) is 0 Å². The first kappa shape index (κ1) is 10.7. The number of aromatic hydroxyl groups is 1. The molecule has 0 bridgehead atoms. The van der Waals surface area contributed by atoms with Crippen LogP contribution in [-0.4, -0.2) is 16.2 Å². The molecule has 0 amide bonds. The number of benzene rings is 1. The lowest BCUT2D eigenvalue weighted by Crippen LogP contribution is -2.03. The number of ketones is 1. The number of rotatable bonds is 2. The number of aryl methyl sites for hydroxylation is 1. The molecule has 1 aromatic carbocycles. The van der Waals surface area contributed by atoms with Crippen molar-refractivity contribution in [1.82, 2.24) is 0 Å². The third-order valence-electron chi connectivity index (χ3n) is 1.88. The number of Topliss-reactive ketones (excluding diaryl/α,β-unsaturated/α-hetero) is 1. The van der Waals surface area contributed by atoms with Gasteiger partial charge < -0.3 is 5.11 Å². The Balaban J connectivity index is 3.33. The first-order valence-electron chi connectivity index (χ1n) is 3.93. The fourth-order valence-corrected chi connectivity index (χ4v) is 1.46. The molecule has 0 atom stereocenters. The standard InChI is InChI=1S/C10H8BrNO2/c1-6-2-9(13)7(5-12)3-8(6)10(14)4-11/h2-3,13H,4H2,1H3. The first-order valence-corrected chi connectivity index (χ1v) is 5.05. The molecule has 0 radical (unpaired) electrons. The Morgan fingerprint density at radius 1 is 1.64 bits per heavy atom. The largest absolute Gasteiger partial charge is 0.507 e. The van der Waals surface area contributed by atoms with Crippen molar-refractivity contribution < 1.29 is 9.90 Å². The summed E-state index contributed by atoms with van der Waals surface area (Å²) in [7, 11) is 0. The predicted molar refractivity (Wildman–Crippen MR) is 55.7 cm³/mol. The minimum atomic E-state index is -0.0981. The summed E-state index contributed by atoms with van der Waals surface area (Å²) in [5, 5.41) is 18.2. The molecular weight excluding hydrogens is 246 g/mol. The fourth-order valence-electron chi connectivity index (χ4n) is 1.15. The number of hydrogen-bond acceptors (Lipinski definition) is 3. The lowest BCUT2D eigenvalue weighted by Gasteiger charge is -2.04. The van der Waals surface area contributed by atoms with E-state index >= 15 is 0 Å². The number of carbonyl (C=O) groups is 1. The average Bonchev–Trinajstić information content (AvgIpc) is 2.17. The summed E-state index contributed by atoms with van der Waals surface area (Å²) in [5.41, 5.74) is 1.27. The SMILES string of the molecule is Cc1cc(O)c(C#N)cc1C(=O)CBr. The Labute approximate surface area is 90.1 Å². The molecule has 3 nitrogen and oxygen atoms in total. The Morgan fingerprint density at radius 2 is 2.29 bits per heavy atom. The molecule has 0 aliphatic carbocycles. The molecule has 14 heavy (non-hydrogen) atoms. The number of phenolic OH excluding ortho intramolecular Hbond substituents is 1. The number of nitriles is 1. The maximum Gasteiger partial charge on any atom is 0.173 e. The van der Waals surface area contributed by atoms with Crippen LogP contribution in [0, 0.1) is 18.3 Å². The van der Waals surface area contributed by atoms with E-state index in [0.29, 0.717) is 11.1 Å². The number of alkyl halides is 1. The molecule has 1 aromatic rings. The van der Waals surface area contributed by atoms with Gasteiger partial charge in [0.15, 0.2) is 5.78 Å². The lowest BCUT2D eigenvalue weighted by molar-refractivity contribution is 0.102. The number of halogens is 1. The molecule has 0 aliphatic rings. The van der Waals surface area contributed by atoms with Crippen LogP contribution >= 0.6 is 15.9 Å². The van der Waals surface area contributed by atoms with E-state index < -0.39 is 0 Å². The van der Waals surface area contributed by atoms with Crippen LogP contribution in [0.25, 0.3) is 0 Å². The Bertz CT molecular complexity index is 421. The summed E-state index contributed by atoms with van der Waals surface area (Å²) in [4.78, 5) is 11.4. The summed E-state index contributed by atoms with van der Waals surface area (Å²) in [6, 6.07) is 4.66. The van der Waals surface area contributed by atoms with Gasteiger partial charge in [-0.1, -0.05) is 15.9 Å². The number of phenols is 1. The predicted octanol–water partition coefficient (Wildman–Crippen LogP) is 2.15. The molecule has 0 aliphatic heterocycles. The van der Waals surface area contributed by atoms with Crippen LogP contribution in [0.5, 0.6) is 5.75 Å². The van der Waals surface area contributed by atoms with Gasteiger partial charge in [-0.15, -0.1) is 0 Å². The van der Waals surface area contributed by atoms with Crippen molar-refractivity contribution >= 4 is 21.7 Å². The highest BCUT2D eigenvalue weighted by Crippen LogP contribution is 2.22. The van der Waals surface area contributed by atoms with Crippen molar-refractivity contribution in [3.05, 3.63) is 28.8 Å². The summed E-state index contributed by atoms with van der Waals surface area (Å²) >= 11 is 3.06. The van der Waals surface area contributed by atoms with Gasteiger partial charge in [0, 0.05) is 5.56 Å². The molecule has 4 heteroatoms. The smallest absolute Gasteiger partial charge is 0.173 e. The van der Waals surface area contributed by atoms with Crippen LogP contribution < -0.4 is 0 Å². The summed E-state index contributed by atoms with van der Waals surface area (Å²) in [6.07, 6.45) is 0. The maximum absolute atomic E-state index is 11.4. The zero-order valence-electron chi connectivity index (χ0n) is 7.54. The van der Waals surface area contributed by atoms with E-state index in [1.165, 1.54) is 12.1 Å². The second-order valence-electron chi connectivity index (χ2n) is 2.85. The van der Waals surface area contributed by atoms with Crippen LogP contribution in [0.4, 0.5) is 0 Å². The van der Waals surface area contributed by atoms with E-state index in [2.05, 4.69) is 15.9 Å². The number of hydrogen-bond donors (Lipinski definition) is 1. The van der Waals surface area contributed by atoms with Crippen molar-refractivity contribution in [3.63, 3.8) is 0 Å². The normalized spacial score (nSPS) is 9.50. The second kappa shape index (κ2) is 4.25. The monoisotopic (exact) mass is 253 g/mol. The van der Waals surface area contributed by atoms with Crippen molar-refractivity contribution in [2.75, 3.05) is 5.33 Å². The van der Waals surface area contributed by atoms with Crippen molar-refractivity contribution in [2.24, 2.45) is 0 Å². The molecule has 0 spiro atoms. The fraction of sp³-hybridized carbons (Fsp3) is 0.200. The van der Waals surface area contributed by atoms with Crippen LogP contribution in [0.2, 0.25) is 0 Å². The van der Waals surface area contributed by atoms with E-state index in [1.54, 1.807) is 6.92 Å². The quantitative estimate of drug-likeness (QED) is 0.649. The summed E-state index contributed by atoms with van der Waals surface area (Å²) in [6.45, 7) is 1.72. The first-order chi connectivity index (χ1) is 6.60. The summed E-state index contributed by atoms with van der Waals surface area (Å²) in [5.74, 6) is -0.185. The van der Waals surface area contributed by atoms with Gasteiger partial charge >= 0.3 is 0 Å². The van der Waals surface area contributed by atoms with E-state index in [9.17, 15) is 9.90 Å². The van der Waals surface area contributed by atoms with Crippen LogP contribution in [-0.2, 0) is 0 Å². The van der Waals surface area contributed by atoms with Crippen LogP contribution in [0.15, 0.2) is 12.1 Å². The van der Waals surface area contributed by atoms with Crippen LogP contribution in [0.3, 0.4) is 0 Å². The molecule has 0 unspecified atom stereocenters. The lowest BCUT2D eigenvalue weighted by atomic mass is 10.0. The van der Waals surface area contributed by atoms with E-state index in [1.807, 2.05) is 6.07 Å². The van der Waals surface area contributed by atoms with Gasteiger partial charge in [0.05, 0.1) is 10.9 Å². The van der Waals surface area contributed by atoms with Crippen molar-refractivity contribution in [2.45, 2.75) is 6.92 Å². The average molecular weight is 254 g/mol. The van der Waals surface area contributed by atoms with Gasteiger partial charge in [0.2, 0.25) is 0 Å². The highest BCUT2D eigenvalue weighted by Gasteiger charge is 2.11. The molecule has 1 rings (SSSR count). The van der Waals surface area contributed by atoms with E-state index in [4.69, 9.17) is 5.26 Å². The highest BCUT2D eigenvalue weighted by molar-refractivity contribution is 9.09. The minimum Gasteiger partial charge on any atom is -0.507 e. The zero-order valence-corrected chi connectivity index (χ0v) is 9.13. The minimum absolute atomic E-state index is 0.0869. The van der Waals surface area contributed by atoms with Gasteiger partial charge in [-0.3, -0.25) is 4.79 Å².